The van der Waals surface area contributed by atoms with Crippen molar-refractivity contribution < 1.29 is 24.0 Å². The minimum Gasteiger partial charge on any atom is -0.460 e. The lowest BCUT2D eigenvalue weighted by Crippen LogP contribution is -2.36. The van der Waals surface area contributed by atoms with Gasteiger partial charge in [-0.25, -0.2) is 9.59 Å². The molecule has 7 nitrogen and oxygen atoms in total. The molecular formula is C19H24ClNO6. The number of nitro groups is 1. The summed E-state index contributed by atoms with van der Waals surface area (Å²) in [4.78, 5) is 34.6. The molecule has 0 heterocycles. The molecule has 27 heavy (non-hydrogen) atoms. The molecule has 0 aliphatic heterocycles. The van der Waals surface area contributed by atoms with Crippen LogP contribution in [0.1, 0.15) is 50.4 Å². The van der Waals surface area contributed by atoms with Crippen LogP contribution in [0.5, 0.6) is 0 Å². The van der Waals surface area contributed by atoms with E-state index in [1.54, 1.807) is 0 Å². The molecule has 1 aromatic carbocycles. The first-order valence-corrected chi connectivity index (χ1v) is 9.37. The summed E-state index contributed by atoms with van der Waals surface area (Å²) in [5.41, 5.74) is -0.731. The summed E-state index contributed by atoms with van der Waals surface area (Å²) >= 11 is 5.72. The van der Waals surface area contributed by atoms with Gasteiger partial charge in [0.25, 0.3) is 5.69 Å². The lowest BCUT2D eigenvalue weighted by Gasteiger charge is -2.36. The van der Waals surface area contributed by atoms with Crippen LogP contribution in [-0.2, 0) is 14.3 Å². The van der Waals surface area contributed by atoms with Gasteiger partial charge < -0.3 is 9.47 Å². The molecule has 0 saturated heterocycles. The highest BCUT2D eigenvalue weighted by Gasteiger charge is 2.33. The van der Waals surface area contributed by atoms with Gasteiger partial charge in [0.15, 0.2) is 6.61 Å². The van der Waals surface area contributed by atoms with Crippen LogP contribution in [0.3, 0.4) is 0 Å². The number of halogens is 1. The van der Waals surface area contributed by atoms with Crippen molar-refractivity contribution in [2.75, 3.05) is 6.61 Å². The molecule has 3 atom stereocenters. The van der Waals surface area contributed by atoms with Gasteiger partial charge in [-0.2, -0.15) is 0 Å². The van der Waals surface area contributed by atoms with Crippen molar-refractivity contribution in [2.24, 2.45) is 17.8 Å². The third-order valence-corrected chi connectivity index (χ3v) is 5.18. The lowest BCUT2D eigenvalue weighted by molar-refractivity contribution is -0.385. The zero-order valence-corrected chi connectivity index (χ0v) is 16.4. The molecule has 3 unspecified atom stereocenters. The number of esters is 2. The number of hydrogen-bond donors (Lipinski definition) is 0. The van der Waals surface area contributed by atoms with Gasteiger partial charge in [0.2, 0.25) is 0 Å². The van der Waals surface area contributed by atoms with Crippen molar-refractivity contribution in [3.8, 4) is 0 Å². The van der Waals surface area contributed by atoms with Crippen LogP contribution < -0.4 is 0 Å². The Bertz CT molecular complexity index is 720. The van der Waals surface area contributed by atoms with E-state index in [0.717, 1.165) is 25.3 Å². The van der Waals surface area contributed by atoms with E-state index in [1.807, 2.05) is 0 Å². The van der Waals surface area contributed by atoms with Crippen molar-refractivity contribution in [3.05, 3.63) is 38.9 Å². The third kappa shape index (κ3) is 5.66. The maximum Gasteiger partial charge on any atom is 0.345 e. The van der Waals surface area contributed by atoms with E-state index in [9.17, 15) is 19.7 Å². The molecule has 1 aromatic rings. The van der Waals surface area contributed by atoms with Gasteiger partial charge in [0.1, 0.15) is 11.7 Å². The van der Waals surface area contributed by atoms with E-state index in [4.69, 9.17) is 21.1 Å². The normalized spacial score (nSPS) is 22.3. The van der Waals surface area contributed by atoms with E-state index < -0.39 is 29.2 Å². The van der Waals surface area contributed by atoms with Gasteiger partial charge >= 0.3 is 11.9 Å². The SMILES string of the molecule is CC1CCC(C(C)C)C(OC(=O)COC(=O)c2ccc(Cl)cc2[N+](=O)[O-])C1. The number of rotatable bonds is 6. The van der Waals surface area contributed by atoms with Crippen LogP contribution in [0.15, 0.2) is 18.2 Å². The Balaban J connectivity index is 1.97. The number of ether oxygens (including phenoxy) is 2. The van der Waals surface area contributed by atoms with Gasteiger partial charge in [-0.3, -0.25) is 10.1 Å². The molecule has 8 heteroatoms. The quantitative estimate of drug-likeness (QED) is 0.400. The highest BCUT2D eigenvalue weighted by atomic mass is 35.5. The van der Waals surface area contributed by atoms with Crippen LogP contribution in [0.2, 0.25) is 5.02 Å². The van der Waals surface area contributed by atoms with Gasteiger partial charge in [-0.1, -0.05) is 38.8 Å². The Hall–Kier alpha value is -2.15. The predicted molar refractivity (Wildman–Crippen MR) is 99.6 cm³/mol. The average Bonchev–Trinajstić information content (AvgIpc) is 2.59. The Morgan fingerprint density at radius 1 is 1.33 bits per heavy atom. The van der Waals surface area contributed by atoms with Gasteiger partial charge in [-0.05, 0) is 42.7 Å². The first-order chi connectivity index (χ1) is 12.7. The molecule has 1 aliphatic rings. The summed E-state index contributed by atoms with van der Waals surface area (Å²) in [5, 5.41) is 11.2. The second-order valence-corrected chi connectivity index (χ2v) is 7.79. The van der Waals surface area contributed by atoms with Crippen LogP contribution in [-0.4, -0.2) is 29.6 Å². The first kappa shape index (κ1) is 21.2. The minimum atomic E-state index is -0.965. The molecule has 0 radical (unpaired) electrons. The minimum absolute atomic E-state index is 0.129. The molecule has 1 fully saturated rings. The van der Waals surface area contributed by atoms with E-state index >= 15 is 0 Å². The molecule has 0 spiro atoms. The maximum absolute atomic E-state index is 12.1. The van der Waals surface area contributed by atoms with Gasteiger partial charge in [0, 0.05) is 11.1 Å². The monoisotopic (exact) mass is 397 g/mol. The summed E-state index contributed by atoms with van der Waals surface area (Å²) in [6, 6.07) is 3.61. The predicted octanol–water partition coefficient (Wildman–Crippen LogP) is 4.41. The van der Waals surface area contributed by atoms with Gasteiger partial charge in [-0.15, -0.1) is 0 Å². The molecule has 148 valence electrons. The van der Waals surface area contributed by atoms with Crippen molar-refractivity contribution in [3.63, 3.8) is 0 Å². The molecule has 0 amide bonds. The Morgan fingerprint density at radius 3 is 2.67 bits per heavy atom. The fourth-order valence-corrected chi connectivity index (χ4v) is 3.65. The summed E-state index contributed by atoms with van der Waals surface area (Å²) in [6.45, 7) is 5.73. The van der Waals surface area contributed by atoms with E-state index in [-0.39, 0.29) is 22.6 Å². The first-order valence-electron chi connectivity index (χ1n) is 8.99. The molecule has 1 saturated carbocycles. The number of carbonyl (C=O) groups is 2. The topological polar surface area (TPSA) is 95.7 Å². The number of hydrogen-bond acceptors (Lipinski definition) is 6. The fraction of sp³-hybridized carbons (Fsp3) is 0.579. The van der Waals surface area contributed by atoms with Crippen LogP contribution in [0, 0.1) is 27.9 Å². The Morgan fingerprint density at radius 2 is 2.04 bits per heavy atom. The molecule has 0 bridgehead atoms. The smallest absolute Gasteiger partial charge is 0.345 e. The molecule has 2 rings (SSSR count). The molecular weight excluding hydrogens is 374 g/mol. The highest BCUT2D eigenvalue weighted by molar-refractivity contribution is 6.31. The van der Waals surface area contributed by atoms with Crippen LogP contribution in [0.4, 0.5) is 5.69 Å². The van der Waals surface area contributed by atoms with Crippen molar-refractivity contribution in [1.82, 2.24) is 0 Å². The van der Waals surface area contributed by atoms with Crippen molar-refractivity contribution in [2.45, 2.75) is 46.1 Å². The summed E-state index contributed by atoms with van der Waals surface area (Å²) < 4.78 is 10.5. The lowest BCUT2D eigenvalue weighted by atomic mass is 9.75. The molecule has 0 N–H and O–H groups in total. The van der Waals surface area contributed by atoms with E-state index in [1.165, 1.54) is 12.1 Å². The fourth-order valence-electron chi connectivity index (χ4n) is 3.48. The Kier molecular flexibility index (Phi) is 7.18. The average molecular weight is 398 g/mol. The van der Waals surface area contributed by atoms with Crippen molar-refractivity contribution >= 4 is 29.2 Å². The van der Waals surface area contributed by atoms with Crippen LogP contribution in [0.25, 0.3) is 0 Å². The second-order valence-electron chi connectivity index (χ2n) is 7.35. The van der Waals surface area contributed by atoms with Crippen molar-refractivity contribution in [1.29, 1.82) is 0 Å². The molecule has 0 aromatic heterocycles. The standard InChI is InChI=1S/C19H24ClNO6/c1-11(2)14-6-4-12(3)8-17(14)27-18(22)10-26-19(23)15-7-5-13(20)9-16(15)21(24)25/h5,7,9,11-12,14,17H,4,6,8,10H2,1-3H3. The molecule has 1 aliphatic carbocycles. The summed E-state index contributed by atoms with van der Waals surface area (Å²) in [6.07, 6.45) is 2.68. The summed E-state index contributed by atoms with van der Waals surface area (Å²) in [5.74, 6) is -0.484. The zero-order chi connectivity index (χ0) is 20.1. The number of benzene rings is 1. The zero-order valence-electron chi connectivity index (χ0n) is 15.6. The maximum atomic E-state index is 12.1. The van der Waals surface area contributed by atoms with E-state index in [2.05, 4.69) is 20.8 Å². The van der Waals surface area contributed by atoms with Gasteiger partial charge in [0.05, 0.1) is 4.92 Å². The van der Waals surface area contributed by atoms with Crippen LogP contribution >= 0.6 is 11.6 Å². The highest BCUT2D eigenvalue weighted by Crippen LogP contribution is 2.35. The Labute approximate surface area is 163 Å². The third-order valence-electron chi connectivity index (χ3n) is 4.94. The largest absolute Gasteiger partial charge is 0.460 e. The second kappa shape index (κ2) is 9.17. The number of carbonyl (C=O) groups excluding carboxylic acids is 2. The number of nitro benzene ring substituents is 1. The van der Waals surface area contributed by atoms with E-state index in [0.29, 0.717) is 11.8 Å². The summed E-state index contributed by atoms with van der Waals surface area (Å²) in [7, 11) is 0. The number of nitrogens with zero attached hydrogens (tertiary/aromatic N) is 1.